The minimum atomic E-state index is -4.60. The number of alkyl halides is 5. The number of hydrogen-bond donors (Lipinski definition) is 2. The normalized spacial score (nSPS) is 24.5. The van der Waals surface area contributed by atoms with Crippen LogP contribution in [0.15, 0.2) is 35.7 Å². The van der Waals surface area contributed by atoms with E-state index in [-0.39, 0.29) is 47.2 Å². The number of nitrogens with one attached hydrogen (secondary N) is 2. The molecule has 3 amide bonds. The van der Waals surface area contributed by atoms with E-state index in [4.69, 9.17) is 21.1 Å². The Balaban J connectivity index is 1.67. The van der Waals surface area contributed by atoms with Crippen molar-refractivity contribution in [2.75, 3.05) is 12.4 Å². The Labute approximate surface area is 266 Å². The first-order valence-electron chi connectivity index (χ1n) is 14.2. The van der Waals surface area contributed by atoms with E-state index in [0.29, 0.717) is 4.57 Å². The van der Waals surface area contributed by atoms with E-state index in [1.807, 2.05) is 0 Å². The van der Waals surface area contributed by atoms with E-state index >= 15 is 0 Å². The number of guanidine groups is 1. The zero-order chi connectivity index (χ0) is 34.2. The second kappa shape index (κ2) is 12.8. The summed E-state index contributed by atoms with van der Waals surface area (Å²) >= 11 is 6.71. The van der Waals surface area contributed by atoms with Gasteiger partial charge in [0.1, 0.15) is 23.9 Å². The molecule has 0 bridgehead atoms. The highest BCUT2D eigenvalue weighted by Gasteiger charge is 2.50. The van der Waals surface area contributed by atoms with Crippen LogP contribution >= 0.6 is 11.6 Å². The molecular formula is C29H34ClF5N6O5. The molecule has 1 aliphatic heterocycles. The number of rotatable bonds is 6. The summed E-state index contributed by atoms with van der Waals surface area (Å²) < 4.78 is 78.8. The van der Waals surface area contributed by atoms with E-state index in [0.717, 1.165) is 24.5 Å². The summed E-state index contributed by atoms with van der Waals surface area (Å²) in [6.07, 6.45) is -6.43. The molecular weight excluding hydrogens is 643 g/mol. The number of imidazole rings is 1. The fourth-order valence-corrected chi connectivity index (χ4v) is 5.86. The van der Waals surface area contributed by atoms with Crippen molar-refractivity contribution in [3.05, 3.63) is 47.0 Å². The van der Waals surface area contributed by atoms with Crippen LogP contribution in [-0.4, -0.2) is 75.3 Å². The fraction of sp³-hybridized carbons (Fsp3) is 0.552. The maximum absolute atomic E-state index is 14.5. The highest BCUT2D eigenvalue weighted by atomic mass is 35.5. The molecule has 2 aromatic rings. The summed E-state index contributed by atoms with van der Waals surface area (Å²) in [5.41, 5.74) is -2.38. The molecule has 0 radical (unpaired) electrons. The summed E-state index contributed by atoms with van der Waals surface area (Å²) in [6.45, 7) is 5.01. The molecule has 1 aromatic heterocycles. The molecule has 46 heavy (non-hydrogen) atoms. The Hall–Kier alpha value is -3.79. The maximum atomic E-state index is 14.5. The summed E-state index contributed by atoms with van der Waals surface area (Å²) in [5.74, 6) is -4.84. The lowest BCUT2D eigenvalue weighted by Gasteiger charge is -2.47. The average molecular weight is 677 g/mol. The minimum absolute atomic E-state index is 0.0184. The van der Waals surface area contributed by atoms with Crippen LogP contribution < -0.4 is 10.6 Å². The summed E-state index contributed by atoms with van der Waals surface area (Å²) in [6, 6.07) is 3.68. The summed E-state index contributed by atoms with van der Waals surface area (Å²) in [4.78, 5) is 48.4. The highest BCUT2D eigenvalue weighted by molar-refractivity contribution is 6.35. The van der Waals surface area contributed by atoms with Crippen LogP contribution in [0.1, 0.15) is 69.4 Å². The van der Waals surface area contributed by atoms with Crippen LogP contribution in [-0.2, 0) is 26.4 Å². The van der Waals surface area contributed by atoms with Gasteiger partial charge in [0, 0.05) is 26.0 Å². The van der Waals surface area contributed by atoms with Gasteiger partial charge in [-0.1, -0.05) is 23.7 Å². The van der Waals surface area contributed by atoms with Crippen molar-refractivity contribution < 1.29 is 45.8 Å². The number of halogens is 6. The van der Waals surface area contributed by atoms with Gasteiger partial charge in [0.05, 0.1) is 35.2 Å². The summed E-state index contributed by atoms with van der Waals surface area (Å²) in [5, 5.41) is 5.50. The molecule has 2 N–H and O–H groups in total. The maximum Gasteiger partial charge on any atom is 0.437 e. The van der Waals surface area contributed by atoms with Crippen LogP contribution in [0.3, 0.4) is 0 Å². The van der Waals surface area contributed by atoms with Crippen molar-refractivity contribution in [3.63, 3.8) is 0 Å². The standard InChI is InChI=1S/C29H34ClF5N6O5/c1-26(2,3)46-25(44)38-24-39-27(4,12-21(42)41(24)16-9-10-28(31,32)20(11-16)45-5)17-7-6-8-18(22(17)30)37-23(43)19-13-36-15-40(19)14-29(33,34)35/h6-8,13,15-16,20H,9-12,14H2,1-5H3,(H,37,43)(H,38,39,44)/t16-,20-,27-/m0/s1. The van der Waals surface area contributed by atoms with Crippen molar-refractivity contribution in [1.29, 1.82) is 0 Å². The van der Waals surface area contributed by atoms with E-state index < -0.39 is 66.3 Å². The minimum Gasteiger partial charge on any atom is -0.442 e. The van der Waals surface area contributed by atoms with E-state index in [2.05, 4.69) is 20.6 Å². The van der Waals surface area contributed by atoms with Gasteiger partial charge in [0.15, 0.2) is 0 Å². The number of methoxy groups -OCH3 is 1. The molecule has 2 fully saturated rings. The number of carbonyl (C=O) groups is 3. The highest BCUT2D eigenvalue weighted by Crippen LogP contribution is 2.41. The second-order valence-electron chi connectivity index (χ2n) is 12.4. The number of aromatic nitrogens is 2. The van der Waals surface area contributed by atoms with E-state index in [9.17, 15) is 36.3 Å². The Bertz CT molecular complexity index is 1520. The molecule has 252 valence electrons. The molecule has 1 saturated carbocycles. The molecule has 1 aliphatic carbocycles. The number of ether oxygens (including phenoxy) is 2. The molecule has 3 atom stereocenters. The lowest BCUT2D eigenvalue weighted by atomic mass is 9.83. The smallest absolute Gasteiger partial charge is 0.437 e. The van der Waals surface area contributed by atoms with Gasteiger partial charge in [-0.15, -0.1) is 4.99 Å². The van der Waals surface area contributed by atoms with Gasteiger partial charge < -0.3 is 24.7 Å². The van der Waals surface area contributed by atoms with Gasteiger partial charge in [-0.25, -0.2) is 18.6 Å². The molecule has 1 aromatic carbocycles. The molecule has 0 unspecified atom stereocenters. The van der Waals surface area contributed by atoms with Crippen molar-refractivity contribution in [2.45, 2.75) is 95.3 Å². The van der Waals surface area contributed by atoms with Crippen LogP contribution in [0.25, 0.3) is 0 Å². The number of benzene rings is 1. The third kappa shape index (κ3) is 7.94. The van der Waals surface area contributed by atoms with Gasteiger partial charge in [0.2, 0.25) is 11.9 Å². The van der Waals surface area contributed by atoms with Crippen molar-refractivity contribution >= 4 is 41.2 Å². The first-order chi connectivity index (χ1) is 21.2. The van der Waals surface area contributed by atoms with Crippen LogP contribution in [0.4, 0.5) is 32.4 Å². The number of aliphatic imine (C=N–C) groups is 1. The van der Waals surface area contributed by atoms with Gasteiger partial charge in [-0.05, 0) is 45.7 Å². The molecule has 0 spiro atoms. The van der Waals surface area contributed by atoms with Crippen LogP contribution in [0.2, 0.25) is 5.02 Å². The van der Waals surface area contributed by atoms with Crippen molar-refractivity contribution in [3.8, 4) is 0 Å². The lowest BCUT2D eigenvalue weighted by Crippen LogP contribution is -2.64. The molecule has 2 aliphatic rings. The van der Waals surface area contributed by atoms with Crippen LogP contribution in [0.5, 0.6) is 0 Å². The lowest BCUT2D eigenvalue weighted by molar-refractivity contribution is -0.161. The van der Waals surface area contributed by atoms with Crippen LogP contribution in [0, 0.1) is 0 Å². The number of carbonyl (C=O) groups excluding carboxylic acids is 3. The fourth-order valence-electron chi connectivity index (χ4n) is 5.48. The number of amides is 3. The Morgan fingerprint density at radius 3 is 2.57 bits per heavy atom. The van der Waals surface area contributed by atoms with Crippen molar-refractivity contribution in [1.82, 2.24) is 19.8 Å². The third-order valence-electron chi connectivity index (χ3n) is 7.53. The number of hydrogen-bond acceptors (Lipinski definition) is 6. The summed E-state index contributed by atoms with van der Waals surface area (Å²) in [7, 11) is 1.15. The Morgan fingerprint density at radius 1 is 1.24 bits per heavy atom. The third-order valence-corrected chi connectivity index (χ3v) is 7.94. The quantitative estimate of drug-likeness (QED) is 0.366. The first kappa shape index (κ1) is 35.1. The Morgan fingerprint density at radius 2 is 1.93 bits per heavy atom. The van der Waals surface area contributed by atoms with Gasteiger partial charge in [-0.3, -0.25) is 14.5 Å². The van der Waals surface area contributed by atoms with Crippen molar-refractivity contribution in [2.24, 2.45) is 4.99 Å². The number of anilines is 1. The molecule has 17 heteroatoms. The van der Waals surface area contributed by atoms with Gasteiger partial charge in [0.25, 0.3) is 11.8 Å². The molecule has 1 saturated heterocycles. The van der Waals surface area contributed by atoms with E-state index in [1.165, 1.54) is 12.1 Å². The largest absolute Gasteiger partial charge is 0.442 e. The zero-order valence-electron chi connectivity index (χ0n) is 25.7. The Kier molecular flexibility index (Phi) is 9.74. The van der Waals surface area contributed by atoms with Gasteiger partial charge >= 0.3 is 12.3 Å². The average Bonchev–Trinajstić information content (AvgIpc) is 3.35. The number of nitrogens with zero attached hydrogens (tertiary/aromatic N) is 4. The molecule has 2 heterocycles. The predicted octanol–water partition coefficient (Wildman–Crippen LogP) is 5.88. The SMILES string of the molecule is CO[C@H]1C[C@@H](N2C(=O)C[C@@](C)(c3cccc(NC(=O)c4cncn4CC(F)(F)F)c3Cl)N/C2=N\C(=O)OC(C)(C)C)CCC1(F)F. The monoisotopic (exact) mass is 676 g/mol. The topological polar surface area (TPSA) is 127 Å². The first-order valence-corrected chi connectivity index (χ1v) is 14.6. The zero-order valence-corrected chi connectivity index (χ0v) is 26.4. The van der Waals surface area contributed by atoms with E-state index in [1.54, 1.807) is 33.8 Å². The van der Waals surface area contributed by atoms with Gasteiger partial charge in [-0.2, -0.15) is 13.2 Å². The predicted molar refractivity (Wildman–Crippen MR) is 157 cm³/mol. The molecule has 11 nitrogen and oxygen atoms in total. The molecule has 4 rings (SSSR count). The second-order valence-corrected chi connectivity index (χ2v) is 12.7.